The molecule has 19 heavy (non-hydrogen) atoms. The third-order valence-electron chi connectivity index (χ3n) is 3.12. The minimum absolute atomic E-state index is 0.00392. The van der Waals surface area contributed by atoms with Gasteiger partial charge >= 0.3 is 0 Å². The Labute approximate surface area is 115 Å². The van der Waals surface area contributed by atoms with Crippen LogP contribution in [0.1, 0.15) is 39.3 Å². The van der Waals surface area contributed by atoms with Crippen LogP contribution in [0, 0.1) is 5.82 Å². The van der Waals surface area contributed by atoms with Gasteiger partial charge in [0.1, 0.15) is 5.82 Å². The van der Waals surface area contributed by atoms with Crippen molar-refractivity contribution in [1.82, 2.24) is 5.32 Å². The van der Waals surface area contributed by atoms with Crippen LogP contribution in [0.3, 0.4) is 0 Å². The van der Waals surface area contributed by atoms with Crippen LogP contribution in [0.2, 0.25) is 0 Å². The summed E-state index contributed by atoms with van der Waals surface area (Å²) in [7, 11) is -3.10. The van der Waals surface area contributed by atoms with Gasteiger partial charge in [0.15, 0.2) is 9.84 Å². The van der Waals surface area contributed by atoms with E-state index >= 15 is 0 Å². The Balaban J connectivity index is 2.52. The lowest BCUT2D eigenvalue weighted by atomic mass is 10.1. The molecule has 108 valence electrons. The van der Waals surface area contributed by atoms with E-state index in [9.17, 15) is 12.8 Å². The van der Waals surface area contributed by atoms with Gasteiger partial charge in [-0.3, -0.25) is 0 Å². The molecule has 0 aliphatic carbocycles. The number of rotatable bonds is 5. The third-order valence-corrected chi connectivity index (χ3v) is 5.73. The smallest absolute Gasteiger partial charge is 0.156 e. The molecule has 5 heteroatoms. The maximum atomic E-state index is 12.8. The van der Waals surface area contributed by atoms with Crippen LogP contribution in [0.4, 0.5) is 4.39 Å². The van der Waals surface area contributed by atoms with Crippen LogP contribution >= 0.6 is 0 Å². The lowest BCUT2D eigenvalue weighted by molar-refractivity contribution is 0.546. The topological polar surface area (TPSA) is 46.2 Å². The minimum Gasteiger partial charge on any atom is -0.309 e. The monoisotopic (exact) mass is 287 g/mol. The van der Waals surface area contributed by atoms with Crippen LogP contribution in [-0.4, -0.2) is 25.5 Å². The molecule has 1 atom stereocenters. The predicted octanol–water partition coefficient (Wildman–Crippen LogP) is 2.69. The summed E-state index contributed by atoms with van der Waals surface area (Å²) >= 11 is 0. The van der Waals surface area contributed by atoms with Gasteiger partial charge in [0.2, 0.25) is 0 Å². The molecule has 1 aromatic carbocycles. The second-order valence-electron chi connectivity index (χ2n) is 5.66. The van der Waals surface area contributed by atoms with Crippen LogP contribution in [0.5, 0.6) is 0 Å². The maximum Gasteiger partial charge on any atom is 0.156 e. The molecular weight excluding hydrogens is 265 g/mol. The number of halogens is 1. The van der Waals surface area contributed by atoms with Gasteiger partial charge < -0.3 is 5.32 Å². The molecule has 0 fully saturated rings. The molecule has 0 radical (unpaired) electrons. The largest absolute Gasteiger partial charge is 0.309 e. The second kappa shape index (κ2) is 6.01. The molecule has 0 spiro atoms. The average molecular weight is 287 g/mol. The van der Waals surface area contributed by atoms with Crippen LogP contribution < -0.4 is 5.32 Å². The zero-order chi connectivity index (χ0) is 14.7. The van der Waals surface area contributed by atoms with Crippen molar-refractivity contribution in [3.63, 3.8) is 0 Å². The molecule has 3 nitrogen and oxygen atoms in total. The van der Waals surface area contributed by atoms with E-state index in [-0.39, 0.29) is 17.6 Å². The van der Waals surface area contributed by atoms with Crippen molar-refractivity contribution >= 4 is 9.84 Å². The molecule has 0 heterocycles. The summed E-state index contributed by atoms with van der Waals surface area (Å²) in [5.41, 5.74) is 0.939. The zero-order valence-corrected chi connectivity index (χ0v) is 12.7. The fourth-order valence-corrected chi connectivity index (χ4v) is 2.58. The Kier molecular flexibility index (Phi) is 5.10. The standard InChI is InChI=1S/C14H22FNO2S/c1-11(12-5-7-13(15)8-6-12)16-9-10-19(17,18)14(2,3)4/h5-8,11,16H,9-10H2,1-4H3/t11-/m0/s1. The van der Waals surface area contributed by atoms with Gasteiger partial charge in [-0.1, -0.05) is 12.1 Å². The fourth-order valence-electron chi connectivity index (χ4n) is 1.59. The summed E-state index contributed by atoms with van der Waals surface area (Å²) in [5.74, 6) is -0.173. The van der Waals surface area contributed by atoms with Crippen molar-refractivity contribution in [3.05, 3.63) is 35.6 Å². The first-order valence-corrected chi connectivity index (χ1v) is 8.00. The van der Waals surface area contributed by atoms with Gasteiger partial charge in [-0.15, -0.1) is 0 Å². The first kappa shape index (κ1) is 16.1. The highest BCUT2D eigenvalue weighted by molar-refractivity contribution is 7.92. The molecule has 0 aliphatic rings. The predicted molar refractivity (Wildman–Crippen MR) is 76.4 cm³/mol. The van der Waals surface area contributed by atoms with Crippen LogP contribution in [0.15, 0.2) is 24.3 Å². The molecule has 0 bridgehead atoms. The normalized spacial score (nSPS) is 14.4. The van der Waals surface area contributed by atoms with Gasteiger partial charge in [0, 0.05) is 12.6 Å². The molecule has 0 aliphatic heterocycles. The average Bonchev–Trinajstić information content (AvgIpc) is 2.28. The minimum atomic E-state index is -3.10. The molecule has 0 saturated heterocycles. The van der Waals surface area contributed by atoms with Crippen LogP contribution in [0.25, 0.3) is 0 Å². The Morgan fingerprint density at radius 2 is 1.74 bits per heavy atom. The molecule has 1 rings (SSSR count). The summed E-state index contributed by atoms with van der Waals surface area (Å²) in [6, 6.07) is 6.20. The summed E-state index contributed by atoms with van der Waals surface area (Å²) < 4.78 is 35.9. The van der Waals surface area contributed by atoms with Gasteiger partial charge in [-0.2, -0.15) is 0 Å². The molecular formula is C14H22FNO2S. The highest BCUT2D eigenvalue weighted by Crippen LogP contribution is 2.16. The zero-order valence-electron chi connectivity index (χ0n) is 11.9. The number of hydrogen-bond acceptors (Lipinski definition) is 3. The van der Waals surface area contributed by atoms with E-state index in [4.69, 9.17) is 0 Å². The van der Waals surface area contributed by atoms with E-state index in [0.717, 1.165) is 5.56 Å². The Hall–Kier alpha value is -0.940. The van der Waals surface area contributed by atoms with Gasteiger partial charge in [0.25, 0.3) is 0 Å². The van der Waals surface area contributed by atoms with E-state index in [1.807, 2.05) is 6.92 Å². The number of hydrogen-bond donors (Lipinski definition) is 1. The van der Waals surface area contributed by atoms with E-state index < -0.39 is 14.6 Å². The van der Waals surface area contributed by atoms with Crippen molar-refractivity contribution in [1.29, 1.82) is 0 Å². The Morgan fingerprint density at radius 3 is 2.21 bits per heavy atom. The quantitative estimate of drug-likeness (QED) is 0.905. The molecule has 1 aromatic rings. The van der Waals surface area contributed by atoms with Crippen molar-refractivity contribution in [2.45, 2.75) is 38.5 Å². The number of benzene rings is 1. The van der Waals surface area contributed by atoms with Crippen molar-refractivity contribution in [2.75, 3.05) is 12.3 Å². The number of nitrogens with one attached hydrogen (secondary N) is 1. The molecule has 0 saturated carbocycles. The maximum absolute atomic E-state index is 12.8. The van der Waals surface area contributed by atoms with Gasteiger partial charge in [0.05, 0.1) is 10.5 Å². The van der Waals surface area contributed by atoms with Crippen molar-refractivity contribution in [2.24, 2.45) is 0 Å². The Morgan fingerprint density at radius 1 is 1.21 bits per heavy atom. The van der Waals surface area contributed by atoms with Gasteiger partial charge in [-0.05, 0) is 45.4 Å². The van der Waals surface area contributed by atoms with Crippen LogP contribution in [-0.2, 0) is 9.84 Å². The molecule has 0 amide bonds. The highest BCUT2D eigenvalue weighted by atomic mass is 32.2. The lowest BCUT2D eigenvalue weighted by Gasteiger charge is -2.20. The molecule has 1 N–H and O–H groups in total. The van der Waals surface area contributed by atoms with E-state index in [0.29, 0.717) is 6.54 Å². The summed E-state index contributed by atoms with van der Waals surface area (Å²) in [6.45, 7) is 7.41. The summed E-state index contributed by atoms with van der Waals surface area (Å²) in [5, 5.41) is 3.14. The Bertz CT molecular complexity index is 503. The van der Waals surface area contributed by atoms with E-state index in [2.05, 4.69) is 5.32 Å². The SMILES string of the molecule is C[C@H](NCCS(=O)(=O)C(C)(C)C)c1ccc(F)cc1. The fraction of sp³-hybridized carbons (Fsp3) is 0.571. The lowest BCUT2D eigenvalue weighted by Crippen LogP contribution is -2.35. The summed E-state index contributed by atoms with van der Waals surface area (Å²) in [4.78, 5) is 0. The molecule has 0 unspecified atom stereocenters. The third kappa shape index (κ3) is 4.58. The first-order valence-electron chi connectivity index (χ1n) is 6.34. The highest BCUT2D eigenvalue weighted by Gasteiger charge is 2.28. The first-order chi connectivity index (χ1) is 8.63. The summed E-state index contributed by atoms with van der Waals surface area (Å²) in [6.07, 6.45) is 0. The number of sulfone groups is 1. The van der Waals surface area contributed by atoms with Gasteiger partial charge in [-0.25, -0.2) is 12.8 Å². The van der Waals surface area contributed by atoms with E-state index in [1.54, 1.807) is 32.9 Å². The van der Waals surface area contributed by atoms with Crippen molar-refractivity contribution in [3.8, 4) is 0 Å². The molecule has 0 aromatic heterocycles. The van der Waals surface area contributed by atoms with Crippen molar-refractivity contribution < 1.29 is 12.8 Å². The second-order valence-corrected chi connectivity index (χ2v) is 8.52. The van der Waals surface area contributed by atoms with E-state index in [1.165, 1.54) is 12.1 Å².